The Labute approximate surface area is 168 Å². The van der Waals surface area contributed by atoms with Crippen molar-refractivity contribution in [2.45, 2.75) is 19.3 Å². The average molecular weight is 418 g/mol. The van der Waals surface area contributed by atoms with Crippen LogP contribution in [0.1, 0.15) is 18.0 Å². The normalized spacial score (nSPS) is 11.5. The molecule has 0 aliphatic carbocycles. The predicted molar refractivity (Wildman–Crippen MR) is 103 cm³/mol. The van der Waals surface area contributed by atoms with Gasteiger partial charge in [-0.05, 0) is 30.6 Å². The Hall–Kier alpha value is -1.81. The number of benzene rings is 1. The van der Waals surface area contributed by atoms with Crippen LogP contribution in [0.5, 0.6) is 0 Å². The smallest absolute Gasteiger partial charge is 0.374 e. The summed E-state index contributed by atoms with van der Waals surface area (Å²) in [7, 11) is 2.22. The fourth-order valence-corrected chi connectivity index (χ4v) is 2.55. The molecule has 148 valence electrons. The number of likely N-dealkylation sites (N-methyl/N-ethyl adjacent to an activating group) is 1. The molecule has 1 rings (SSSR count). The summed E-state index contributed by atoms with van der Waals surface area (Å²) in [6, 6.07) is 3.89. The Morgan fingerprint density at radius 1 is 1.22 bits per heavy atom. The minimum Gasteiger partial charge on any atom is -0.455 e. The molecule has 0 spiro atoms. The molecule has 1 aromatic rings. The highest BCUT2D eigenvalue weighted by molar-refractivity contribution is 6.45. The summed E-state index contributed by atoms with van der Waals surface area (Å²) in [6.45, 7) is 0.920. The Morgan fingerprint density at radius 2 is 1.81 bits per heavy atom. The topological polar surface area (TPSA) is 108 Å². The Morgan fingerprint density at radius 3 is 2.33 bits per heavy atom. The summed E-state index contributed by atoms with van der Waals surface area (Å²) in [6.07, 6.45) is -0.224. The zero-order chi connectivity index (χ0) is 20.6. The van der Waals surface area contributed by atoms with Gasteiger partial charge in [-0.3, -0.25) is 14.4 Å². The summed E-state index contributed by atoms with van der Waals surface area (Å²) >= 11 is 12.0. The molecular formula is C16H22BCl2N3O5. The lowest BCUT2D eigenvalue weighted by Gasteiger charge is -2.20. The molecule has 0 aliphatic heterocycles. The number of esters is 1. The van der Waals surface area contributed by atoms with Gasteiger partial charge in [0.15, 0.2) is 6.61 Å². The molecule has 27 heavy (non-hydrogen) atoms. The van der Waals surface area contributed by atoms with Crippen molar-refractivity contribution < 1.29 is 24.1 Å². The van der Waals surface area contributed by atoms with Crippen LogP contribution in [0, 0.1) is 0 Å². The number of hydrogen-bond donors (Lipinski definition) is 3. The first-order valence-electron chi connectivity index (χ1n) is 8.11. The van der Waals surface area contributed by atoms with Gasteiger partial charge in [-0.25, -0.2) is 0 Å². The van der Waals surface area contributed by atoms with E-state index in [-0.39, 0.29) is 18.9 Å². The molecule has 8 nitrogen and oxygen atoms in total. The fraction of sp³-hybridized carbons (Fsp3) is 0.438. The Balaban J connectivity index is 2.85. The highest BCUT2D eigenvalue weighted by Gasteiger charge is 2.21. The third-order valence-corrected chi connectivity index (χ3v) is 3.84. The van der Waals surface area contributed by atoms with Crippen LogP contribution in [-0.2, 0) is 19.1 Å². The molecule has 0 saturated heterocycles. The van der Waals surface area contributed by atoms with E-state index in [1.165, 1.54) is 17.8 Å². The lowest BCUT2D eigenvalue weighted by molar-refractivity contribution is -0.151. The van der Waals surface area contributed by atoms with Crippen molar-refractivity contribution in [1.29, 1.82) is 0 Å². The summed E-state index contributed by atoms with van der Waals surface area (Å²) in [4.78, 5) is 37.0. The molecule has 0 bridgehead atoms. The third-order valence-electron chi connectivity index (χ3n) is 3.41. The molecule has 0 fully saturated rings. The van der Waals surface area contributed by atoms with E-state index >= 15 is 0 Å². The van der Waals surface area contributed by atoms with Gasteiger partial charge >= 0.3 is 13.0 Å². The molecule has 1 unspecified atom stereocenters. The van der Waals surface area contributed by atoms with Crippen LogP contribution < -0.4 is 10.5 Å². The number of carbonyl (C=O) groups is 3. The fourth-order valence-electron chi connectivity index (χ4n) is 2.01. The van der Waals surface area contributed by atoms with Crippen LogP contribution in [0.2, 0.25) is 16.9 Å². The largest absolute Gasteiger partial charge is 0.455 e. The Bertz CT molecular complexity index is 668. The van der Waals surface area contributed by atoms with Gasteiger partial charge in [0.1, 0.15) is 0 Å². The first-order chi connectivity index (χ1) is 12.6. The SMILES string of the molecule is CB(O)NCC(=O)NC(CC(=O)OCC(=O)N(C)C)c1cc(Cl)cc(Cl)c1. The van der Waals surface area contributed by atoms with Crippen LogP contribution in [0.25, 0.3) is 0 Å². The van der Waals surface area contributed by atoms with Gasteiger partial charge in [0.05, 0.1) is 19.0 Å². The van der Waals surface area contributed by atoms with Gasteiger partial charge < -0.3 is 25.2 Å². The molecule has 0 aliphatic rings. The number of halogens is 2. The molecule has 1 atom stereocenters. The number of nitrogens with zero attached hydrogens (tertiary/aromatic N) is 1. The average Bonchev–Trinajstić information content (AvgIpc) is 2.56. The second kappa shape index (κ2) is 11.1. The van der Waals surface area contributed by atoms with Gasteiger partial charge in [-0.1, -0.05) is 23.2 Å². The third kappa shape index (κ3) is 9.10. The van der Waals surface area contributed by atoms with Gasteiger partial charge in [0, 0.05) is 24.1 Å². The lowest BCUT2D eigenvalue weighted by Crippen LogP contribution is -2.42. The van der Waals surface area contributed by atoms with E-state index in [4.69, 9.17) is 27.9 Å². The zero-order valence-corrected chi connectivity index (χ0v) is 16.8. The Kier molecular flexibility index (Phi) is 9.58. The molecule has 1 aromatic carbocycles. The second-order valence-corrected chi connectivity index (χ2v) is 6.91. The van der Waals surface area contributed by atoms with Crippen LogP contribution >= 0.6 is 23.2 Å². The van der Waals surface area contributed by atoms with E-state index in [2.05, 4.69) is 10.5 Å². The summed E-state index contributed by atoms with van der Waals surface area (Å²) in [5.41, 5.74) is 0.508. The van der Waals surface area contributed by atoms with Crippen molar-refractivity contribution >= 4 is 48.0 Å². The summed E-state index contributed by atoms with van der Waals surface area (Å²) in [5.74, 6) is -1.49. The highest BCUT2D eigenvalue weighted by atomic mass is 35.5. The highest BCUT2D eigenvalue weighted by Crippen LogP contribution is 2.25. The van der Waals surface area contributed by atoms with E-state index in [9.17, 15) is 19.4 Å². The number of hydrogen-bond acceptors (Lipinski definition) is 6. The predicted octanol–water partition coefficient (Wildman–Crippen LogP) is 0.872. The van der Waals surface area contributed by atoms with Crippen molar-refractivity contribution in [3.8, 4) is 0 Å². The maximum Gasteiger partial charge on any atom is 0.374 e. The van der Waals surface area contributed by atoms with Gasteiger partial charge in [-0.15, -0.1) is 0 Å². The van der Waals surface area contributed by atoms with Crippen molar-refractivity contribution in [1.82, 2.24) is 15.4 Å². The van der Waals surface area contributed by atoms with Gasteiger partial charge in [0.25, 0.3) is 5.91 Å². The monoisotopic (exact) mass is 417 g/mol. The molecule has 3 N–H and O–H groups in total. The minimum atomic E-state index is -0.864. The van der Waals surface area contributed by atoms with Crippen LogP contribution in [0.4, 0.5) is 0 Å². The van der Waals surface area contributed by atoms with E-state index in [0.29, 0.717) is 15.6 Å². The lowest BCUT2D eigenvalue weighted by atomic mass is 9.89. The second-order valence-electron chi connectivity index (χ2n) is 6.03. The standard InChI is InChI=1S/C16H22BCl2N3O5/c1-17(26)20-8-14(23)21-13(10-4-11(18)6-12(19)5-10)7-16(25)27-9-15(24)22(2)3/h4-6,13,20,26H,7-9H2,1-3H3,(H,21,23). The molecule has 2 amide bonds. The molecule has 0 saturated carbocycles. The molecule has 0 radical (unpaired) electrons. The quantitative estimate of drug-likeness (QED) is 0.406. The van der Waals surface area contributed by atoms with Crippen molar-refractivity contribution in [2.24, 2.45) is 0 Å². The molecule has 0 aromatic heterocycles. The van der Waals surface area contributed by atoms with E-state index in [1.807, 2.05) is 0 Å². The van der Waals surface area contributed by atoms with E-state index < -0.39 is 31.6 Å². The maximum atomic E-state index is 12.1. The van der Waals surface area contributed by atoms with Gasteiger partial charge in [0.2, 0.25) is 5.91 Å². The zero-order valence-electron chi connectivity index (χ0n) is 15.3. The van der Waals surface area contributed by atoms with Crippen molar-refractivity contribution in [3.05, 3.63) is 33.8 Å². The molecule has 11 heteroatoms. The van der Waals surface area contributed by atoms with Crippen molar-refractivity contribution in [3.63, 3.8) is 0 Å². The number of amides is 2. The first-order valence-corrected chi connectivity index (χ1v) is 8.86. The summed E-state index contributed by atoms with van der Waals surface area (Å²) in [5, 5.41) is 15.1. The number of nitrogens with one attached hydrogen (secondary N) is 2. The van der Waals surface area contributed by atoms with E-state index in [0.717, 1.165) is 0 Å². The number of carbonyl (C=O) groups excluding carboxylic acids is 3. The number of rotatable bonds is 9. The molecular weight excluding hydrogens is 396 g/mol. The number of ether oxygens (including phenoxy) is 1. The van der Waals surface area contributed by atoms with E-state index in [1.54, 1.807) is 26.2 Å². The van der Waals surface area contributed by atoms with Crippen LogP contribution in [-0.4, -0.2) is 62.0 Å². The van der Waals surface area contributed by atoms with Crippen LogP contribution in [0.3, 0.4) is 0 Å². The summed E-state index contributed by atoms with van der Waals surface area (Å²) < 4.78 is 4.95. The minimum absolute atomic E-state index is 0.156. The van der Waals surface area contributed by atoms with Crippen molar-refractivity contribution in [2.75, 3.05) is 27.2 Å². The van der Waals surface area contributed by atoms with Crippen LogP contribution in [0.15, 0.2) is 18.2 Å². The van der Waals surface area contributed by atoms with Gasteiger partial charge in [-0.2, -0.15) is 0 Å². The maximum absolute atomic E-state index is 12.1. The molecule has 0 heterocycles. The first kappa shape index (κ1) is 23.2.